The highest BCUT2D eigenvalue weighted by Crippen LogP contribution is 2.28. The molecule has 0 aliphatic heterocycles. The molecule has 0 radical (unpaired) electrons. The van der Waals surface area contributed by atoms with Crippen LogP contribution in [0.4, 0.5) is 4.79 Å². The van der Waals surface area contributed by atoms with Gasteiger partial charge in [0.05, 0.1) is 30.0 Å². The fourth-order valence-electron chi connectivity index (χ4n) is 5.11. The number of aliphatic hydroxyl groups is 1. The van der Waals surface area contributed by atoms with Crippen LogP contribution in [0.15, 0.2) is 77.7 Å². The van der Waals surface area contributed by atoms with E-state index in [0.717, 1.165) is 57.1 Å². The Kier molecular flexibility index (Phi) is 11.9. The van der Waals surface area contributed by atoms with E-state index < -0.39 is 18.2 Å². The molecular formula is C33H40N4O6. The van der Waals surface area contributed by atoms with Gasteiger partial charge in [0.15, 0.2) is 0 Å². The van der Waals surface area contributed by atoms with Crippen molar-refractivity contribution >= 4 is 17.0 Å². The Morgan fingerprint density at radius 2 is 1.72 bits per heavy atom. The molecule has 2 atom stereocenters. The summed E-state index contributed by atoms with van der Waals surface area (Å²) in [4.78, 5) is 29.9. The number of aromatic amines is 1. The zero-order valence-corrected chi connectivity index (χ0v) is 24.2. The molecule has 4 aromatic rings. The molecule has 228 valence electrons. The monoisotopic (exact) mass is 588 g/mol. The largest absolute Gasteiger partial charge is 0.506 e. The number of amides is 1. The predicted octanol–water partition coefficient (Wildman–Crippen LogP) is 5.42. The van der Waals surface area contributed by atoms with Crippen LogP contribution in [-0.4, -0.2) is 51.1 Å². The molecule has 2 aromatic carbocycles. The topological polar surface area (TPSA) is 157 Å². The number of rotatable bonds is 17. The molecule has 0 aliphatic carbocycles. The predicted molar refractivity (Wildman–Crippen MR) is 166 cm³/mol. The fraction of sp³-hybridized carbons (Fsp3) is 0.364. The minimum atomic E-state index is -1.11. The molecule has 0 spiro atoms. The summed E-state index contributed by atoms with van der Waals surface area (Å²) in [7, 11) is 0. The molecule has 2 heterocycles. The minimum absolute atomic E-state index is 0.0168. The quantitative estimate of drug-likeness (QED) is 0.0893. The van der Waals surface area contributed by atoms with Gasteiger partial charge in [0.1, 0.15) is 11.5 Å². The van der Waals surface area contributed by atoms with Gasteiger partial charge in [-0.2, -0.15) is 0 Å². The number of H-pyrrole nitrogens is 1. The Hall–Kier alpha value is -4.41. The van der Waals surface area contributed by atoms with E-state index >= 15 is 0 Å². The number of phenolic OH excluding ortho intramolecular Hbond substituents is 1. The molecule has 2 aromatic heterocycles. The summed E-state index contributed by atoms with van der Waals surface area (Å²) in [5, 5.41) is 36.4. The Balaban J connectivity index is 1.07. The number of nitrogens with one attached hydrogen (secondary N) is 3. The van der Waals surface area contributed by atoms with Gasteiger partial charge in [-0.05, 0) is 66.9 Å². The van der Waals surface area contributed by atoms with Crippen molar-refractivity contribution in [1.29, 1.82) is 0 Å². The Labute approximate surface area is 250 Å². The summed E-state index contributed by atoms with van der Waals surface area (Å²) in [5.41, 5.74) is 2.10. The van der Waals surface area contributed by atoms with Gasteiger partial charge in [-0.3, -0.25) is 9.78 Å². The Morgan fingerprint density at radius 1 is 0.930 bits per heavy atom. The second-order valence-corrected chi connectivity index (χ2v) is 10.5. The number of fused-ring (bicyclic) bond motifs is 1. The first-order valence-corrected chi connectivity index (χ1v) is 14.8. The first-order valence-electron chi connectivity index (χ1n) is 14.8. The number of phenols is 1. The maximum atomic E-state index is 11.6. The van der Waals surface area contributed by atoms with Crippen LogP contribution in [0.3, 0.4) is 0 Å². The number of carbonyl (C=O) groups is 1. The van der Waals surface area contributed by atoms with Gasteiger partial charge in [-0.25, -0.2) is 4.79 Å². The van der Waals surface area contributed by atoms with Crippen LogP contribution in [0, 0.1) is 0 Å². The van der Waals surface area contributed by atoms with Crippen molar-refractivity contribution < 1.29 is 24.9 Å². The van der Waals surface area contributed by atoms with Gasteiger partial charge < -0.3 is 35.7 Å². The van der Waals surface area contributed by atoms with Gasteiger partial charge >= 0.3 is 6.09 Å². The lowest BCUT2D eigenvalue weighted by Gasteiger charge is -2.18. The highest BCUT2D eigenvalue weighted by Gasteiger charge is 2.18. The highest BCUT2D eigenvalue weighted by molar-refractivity contribution is 5.87. The number of pyridine rings is 2. The van der Waals surface area contributed by atoms with E-state index in [-0.39, 0.29) is 11.3 Å². The number of hydrogen-bond donors (Lipinski definition) is 6. The molecular weight excluding hydrogens is 548 g/mol. The zero-order chi connectivity index (χ0) is 30.4. The number of benzene rings is 2. The fourth-order valence-corrected chi connectivity index (χ4v) is 5.11. The summed E-state index contributed by atoms with van der Waals surface area (Å²) >= 11 is 0. The molecule has 43 heavy (non-hydrogen) atoms. The third-order valence-corrected chi connectivity index (χ3v) is 7.31. The smallest absolute Gasteiger partial charge is 0.405 e. The summed E-state index contributed by atoms with van der Waals surface area (Å²) in [6.07, 6.45) is 7.37. The van der Waals surface area contributed by atoms with E-state index in [2.05, 4.69) is 20.6 Å². The Bertz CT molecular complexity index is 1510. The lowest BCUT2D eigenvalue weighted by atomic mass is 10.0. The third kappa shape index (κ3) is 9.56. The van der Waals surface area contributed by atoms with Gasteiger partial charge in [0, 0.05) is 24.2 Å². The number of nitrogens with zero attached hydrogens (tertiary/aromatic N) is 1. The average Bonchev–Trinajstić information content (AvgIpc) is 3.01. The molecule has 0 saturated carbocycles. The van der Waals surface area contributed by atoms with Crippen LogP contribution >= 0.6 is 0 Å². The van der Waals surface area contributed by atoms with Crippen LogP contribution < -0.4 is 20.9 Å². The summed E-state index contributed by atoms with van der Waals surface area (Å²) in [6.45, 7) is 1.80. The van der Waals surface area contributed by atoms with Crippen molar-refractivity contribution in [2.45, 2.75) is 57.1 Å². The number of unbranched alkanes of at least 4 members (excludes halogenated alkanes) is 6. The third-order valence-electron chi connectivity index (χ3n) is 7.31. The number of aliphatic hydroxyl groups excluding tert-OH is 1. The van der Waals surface area contributed by atoms with Gasteiger partial charge in [0.25, 0.3) is 0 Å². The Morgan fingerprint density at radius 3 is 2.49 bits per heavy atom. The first-order chi connectivity index (χ1) is 20.9. The van der Waals surface area contributed by atoms with Crippen LogP contribution in [0.25, 0.3) is 10.9 Å². The SMILES string of the molecule is O=C(O)NC(c1cccc(OCCCCCCCCCNCC(O)c2ccc(O)c3[nH]c(=O)ccc23)c1)c1ccccn1. The second-order valence-electron chi connectivity index (χ2n) is 10.5. The van der Waals surface area contributed by atoms with Crippen LogP contribution in [0.5, 0.6) is 11.5 Å². The molecule has 2 unspecified atom stereocenters. The zero-order valence-electron chi connectivity index (χ0n) is 24.2. The molecule has 0 bridgehead atoms. The van der Waals surface area contributed by atoms with E-state index in [0.29, 0.717) is 41.1 Å². The van der Waals surface area contributed by atoms with Gasteiger partial charge in [-0.1, -0.05) is 56.4 Å². The molecule has 0 fully saturated rings. The molecule has 4 rings (SSSR count). The molecule has 10 heteroatoms. The van der Waals surface area contributed by atoms with E-state index in [4.69, 9.17) is 4.74 Å². The van der Waals surface area contributed by atoms with Crippen molar-refractivity contribution in [2.75, 3.05) is 19.7 Å². The summed E-state index contributed by atoms with van der Waals surface area (Å²) < 4.78 is 5.94. The average molecular weight is 589 g/mol. The lowest BCUT2D eigenvalue weighted by Crippen LogP contribution is -2.28. The summed E-state index contributed by atoms with van der Waals surface area (Å²) in [6, 6.07) is 18.5. The van der Waals surface area contributed by atoms with Crippen molar-refractivity contribution in [3.8, 4) is 11.5 Å². The number of carboxylic acid groups (broad SMARTS) is 1. The van der Waals surface area contributed by atoms with Crippen molar-refractivity contribution in [3.05, 3.63) is 100 Å². The number of aromatic nitrogens is 2. The van der Waals surface area contributed by atoms with E-state index in [1.54, 1.807) is 30.5 Å². The molecule has 1 amide bonds. The van der Waals surface area contributed by atoms with Crippen molar-refractivity contribution in [1.82, 2.24) is 20.6 Å². The maximum Gasteiger partial charge on any atom is 0.405 e. The van der Waals surface area contributed by atoms with Gasteiger partial charge in [-0.15, -0.1) is 0 Å². The van der Waals surface area contributed by atoms with Crippen molar-refractivity contribution in [3.63, 3.8) is 0 Å². The highest BCUT2D eigenvalue weighted by atomic mass is 16.5. The van der Waals surface area contributed by atoms with E-state index in [9.17, 15) is 24.9 Å². The standard InChI is InChI=1S/C33H40N4O6/c38-28-16-14-25(26-15-17-30(40)36-32(26)28)29(39)22-34-18-7-4-2-1-3-5-9-20-43-24-12-10-11-23(21-24)31(37-33(41)42)27-13-6-8-19-35-27/h6,8,10-17,19,21,29,31,34,37-39H,1-5,7,9,18,20,22H2,(H,36,40)(H,41,42). The lowest BCUT2D eigenvalue weighted by molar-refractivity contribution is 0.176. The van der Waals surface area contributed by atoms with Crippen LogP contribution in [0.2, 0.25) is 0 Å². The first kappa shape index (κ1) is 31.5. The van der Waals surface area contributed by atoms with E-state index in [1.165, 1.54) is 12.1 Å². The molecule has 10 nitrogen and oxygen atoms in total. The summed E-state index contributed by atoms with van der Waals surface area (Å²) in [5.74, 6) is 0.689. The molecule has 0 aliphatic rings. The van der Waals surface area contributed by atoms with Gasteiger partial charge in [0.2, 0.25) is 5.56 Å². The molecule has 0 saturated heterocycles. The maximum absolute atomic E-state index is 11.6. The number of ether oxygens (including phenoxy) is 1. The minimum Gasteiger partial charge on any atom is -0.506 e. The number of hydrogen-bond acceptors (Lipinski definition) is 7. The second kappa shape index (κ2) is 16.3. The van der Waals surface area contributed by atoms with E-state index in [1.807, 2.05) is 30.3 Å². The normalized spacial score (nSPS) is 12.6. The molecule has 6 N–H and O–H groups in total. The van der Waals surface area contributed by atoms with Crippen LogP contribution in [-0.2, 0) is 0 Å². The van der Waals surface area contributed by atoms with Crippen LogP contribution in [0.1, 0.15) is 73.9 Å². The number of aromatic hydroxyl groups is 1. The van der Waals surface area contributed by atoms with Crippen molar-refractivity contribution in [2.24, 2.45) is 0 Å².